The number of terminal acetylenes is 1. The lowest BCUT2D eigenvalue weighted by atomic mass is 10.2. The maximum Gasteiger partial charge on any atom is 0.229 e. The van der Waals surface area contributed by atoms with Crippen LogP contribution in [0.3, 0.4) is 0 Å². The van der Waals surface area contributed by atoms with Crippen molar-refractivity contribution in [3.8, 4) is 18.4 Å². The Morgan fingerprint density at radius 1 is 1.26 bits per heavy atom. The third-order valence-corrected chi connectivity index (χ3v) is 2.45. The molecular formula is C14H11N5. The van der Waals surface area contributed by atoms with Crippen molar-refractivity contribution in [3.63, 3.8) is 0 Å². The molecule has 0 fully saturated rings. The molecule has 0 aliphatic carbocycles. The van der Waals surface area contributed by atoms with Crippen LogP contribution < -0.4 is 10.6 Å². The van der Waals surface area contributed by atoms with E-state index in [1.807, 2.05) is 0 Å². The lowest BCUT2D eigenvalue weighted by Gasteiger charge is -2.07. The van der Waals surface area contributed by atoms with Gasteiger partial charge in [-0.25, -0.2) is 4.98 Å². The third kappa shape index (κ3) is 2.80. The van der Waals surface area contributed by atoms with Crippen LogP contribution in [-0.2, 0) is 0 Å². The van der Waals surface area contributed by atoms with E-state index in [0.29, 0.717) is 22.9 Å². The first-order chi connectivity index (χ1) is 9.26. The largest absolute Gasteiger partial charge is 0.372 e. The van der Waals surface area contributed by atoms with E-state index in [4.69, 9.17) is 11.7 Å². The van der Waals surface area contributed by atoms with E-state index in [-0.39, 0.29) is 0 Å². The second kappa shape index (κ2) is 5.52. The predicted molar refractivity (Wildman–Crippen MR) is 74.0 cm³/mol. The summed E-state index contributed by atoms with van der Waals surface area (Å²) < 4.78 is 0. The monoisotopic (exact) mass is 249 g/mol. The molecule has 2 N–H and O–H groups in total. The maximum absolute atomic E-state index is 8.72. The second-order valence-electron chi connectivity index (χ2n) is 3.66. The number of aromatic nitrogens is 2. The number of anilines is 3. The summed E-state index contributed by atoms with van der Waals surface area (Å²) in [6, 6.07) is 9.07. The molecule has 5 heteroatoms. The van der Waals surface area contributed by atoms with E-state index in [2.05, 4.69) is 32.6 Å². The Bertz CT molecular complexity index is 662. The van der Waals surface area contributed by atoms with E-state index in [1.54, 1.807) is 37.5 Å². The summed E-state index contributed by atoms with van der Waals surface area (Å²) >= 11 is 0. The third-order valence-electron chi connectivity index (χ3n) is 2.45. The summed E-state index contributed by atoms with van der Waals surface area (Å²) in [6.45, 7) is 0. The quantitative estimate of drug-likeness (QED) is 0.815. The Morgan fingerprint density at radius 2 is 2.00 bits per heavy atom. The van der Waals surface area contributed by atoms with Crippen molar-refractivity contribution < 1.29 is 0 Å². The Balaban J connectivity index is 2.24. The highest BCUT2D eigenvalue weighted by Gasteiger charge is 2.04. The molecule has 0 aliphatic rings. The Labute approximate surface area is 111 Å². The Kier molecular flexibility index (Phi) is 3.61. The topological polar surface area (TPSA) is 73.6 Å². The zero-order chi connectivity index (χ0) is 13.7. The van der Waals surface area contributed by atoms with Crippen LogP contribution in [0.5, 0.6) is 0 Å². The zero-order valence-corrected chi connectivity index (χ0v) is 10.3. The van der Waals surface area contributed by atoms with Crippen LogP contribution in [0.2, 0.25) is 0 Å². The number of rotatable bonds is 3. The molecule has 19 heavy (non-hydrogen) atoms. The minimum atomic E-state index is 0.438. The zero-order valence-electron chi connectivity index (χ0n) is 10.3. The summed E-state index contributed by atoms with van der Waals surface area (Å²) in [4.78, 5) is 8.39. The van der Waals surface area contributed by atoms with E-state index >= 15 is 0 Å². The van der Waals surface area contributed by atoms with Gasteiger partial charge in [-0.2, -0.15) is 10.2 Å². The predicted octanol–water partition coefficient (Wildman–Crippen LogP) is 2.11. The maximum atomic E-state index is 8.72. The van der Waals surface area contributed by atoms with Gasteiger partial charge >= 0.3 is 0 Å². The van der Waals surface area contributed by atoms with Crippen LogP contribution in [0, 0.1) is 23.7 Å². The number of hydrogen-bond acceptors (Lipinski definition) is 5. The van der Waals surface area contributed by atoms with Gasteiger partial charge in [0.1, 0.15) is 5.82 Å². The van der Waals surface area contributed by atoms with E-state index in [1.165, 1.54) is 0 Å². The van der Waals surface area contributed by atoms with Gasteiger partial charge in [0, 0.05) is 12.7 Å². The van der Waals surface area contributed by atoms with Crippen molar-refractivity contribution in [1.82, 2.24) is 9.97 Å². The molecule has 0 saturated carbocycles. The van der Waals surface area contributed by atoms with E-state index in [9.17, 15) is 0 Å². The van der Waals surface area contributed by atoms with Gasteiger partial charge in [-0.15, -0.1) is 6.42 Å². The van der Waals surface area contributed by atoms with Crippen LogP contribution in [-0.4, -0.2) is 17.0 Å². The normalized spacial score (nSPS) is 9.21. The molecule has 1 aromatic carbocycles. The highest BCUT2D eigenvalue weighted by atomic mass is 15.1. The summed E-state index contributed by atoms with van der Waals surface area (Å²) in [5.74, 6) is 3.53. The van der Waals surface area contributed by atoms with Gasteiger partial charge in [-0.1, -0.05) is 5.92 Å². The molecule has 0 radical (unpaired) electrons. The standard InChI is InChI=1S/C14H11N5/c1-3-11-9-17-14(19-13(11)16-2)18-12-6-4-10(8-15)5-7-12/h1,4-7,9H,2H3,(H2,16,17,18,19). The Morgan fingerprint density at radius 3 is 2.58 bits per heavy atom. The van der Waals surface area contributed by atoms with Gasteiger partial charge in [-0.3, -0.25) is 0 Å². The summed E-state index contributed by atoms with van der Waals surface area (Å²) in [7, 11) is 1.74. The van der Waals surface area contributed by atoms with Crippen molar-refractivity contribution in [2.75, 3.05) is 17.7 Å². The molecular weight excluding hydrogens is 238 g/mol. The number of nitrogens with zero attached hydrogens (tertiary/aromatic N) is 3. The molecule has 0 spiro atoms. The average molecular weight is 249 g/mol. The van der Waals surface area contributed by atoms with E-state index in [0.717, 1.165) is 5.69 Å². The fraction of sp³-hybridized carbons (Fsp3) is 0.0714. The molecule has 0 bridgehead atoms. The smallest absolute Gasteiger partial charge is 0.229 e. The first kappa shape index (κ1) is 12.4. The molecule has 0 saturated heterocycles. The molecule has 2 rings (SSSR count). The second-order valence-corrected chi connectivity index (χ2v) is 3.66. The van der Waals surface area contributed by atoms with Crippen molar-refractivity contribution >= 4 is 17.5 Å². The van der Waals surface area contributed by atoms with Crippen molar-refractivity contribution in [3.05, 3.63) is 41.6 Å². The van der Waals surface area contributed by atoms with Gasteiger partial charge in [0.15, 0.2) is 0 Å². The highest BCUT2D eigenvalue weighted by Crippen LogP contribution is 2.16. The molecule has 5 nitrogen and oxygen atoms in total. The number of hydrogen-bond donors (Lipinski definition) is 2. The van der Waals surface area contributed by atoms with Crippen LogP contribution in [0.1, 0.15) is 11.1 Å². The minimum Gasteiger partial charge on any atom is -0.372 e. The first-order valence-corrected chi connectivity index (χ1v) is 5.55. The van der Waals surface area contributed by atoms with Crippen LogP contribution >= 0.6 is 0 Å². The summed E-state index contributed by atoms with van der Waals surface area (Å²) in [5.41, 5.74) is 2.01. The number of benzene rings is 1. The number of nitrogens with one attached hydrogen (secondary N) is 2. The summed E-state index contributed by atoms with van der Waals surface area (Å²) in [5, 5.41) is 14.7. The lowest BCUT2D eigenvalue weighted by Crippen LogP contribution is -2.02. The van der Waals surface area contributed by atoms with Crippen molar-refractivity contribution in [2.45, 2.75) is 0 Å². The average Bonchev–Trinajstić information content (AvgIpc) is 2.48. The lowest BCUT2D eigenvalue weighted by molar-refractivity contribution is 1.15. The molecule has 0 atom stereocenters. The van der Waals surface area contributed by atoms with Crippen LogP contribution in [0.4, 0.5) is 17.5 Å². The molecule has 92 valence electrons. The van der Waals surface area contributed by atoms with Gasteiger partial charge in [0.05, 0.1) is 23.4 Å². The molecule has 0 unspecified atom stereocenters. The van der Waals surface area contributed by atoms with Gasteiger partial charge in [0.25, 0.3) is 0 Å². The fourth-order valence-corrected chi connectivity index (χ4v) is 1.50. The molecule has 1 heterocycles. The molecule has 2 aromatic rings. The van der Waals surface area contributed by atoms with Crippen LogP contribution in [0.15, 0.2) is 30.5 Å². The van der Waals surface area contributed by atoms with Crippen LogP contribution in [0.25, 0.3) is 0 Å². The fourth-order valence-electron chi connectivity index (χ4n) is 1.50. The van der Waals surface area contributed by atoms with Crippen molar-refractivity contribution in [2.24, 2.45) is 0 Å². The molecule has 0 aliphatic heterocycles. The van der Waals surface area contributed by atoms with Gasteiger partial charge < -0.3 is 10.6 Å². The first-order valence-electron chi connectivity index (χ1n) is 5.55. The molecule has 1 aromatic heterocycles. The molecule has 0 amide bonds. The van der Waals surface area contributed by atoms with Crippen molar-refractivity contribution in [1.29, 1.82) is 5.26 Å². The SMILES string of the molecule is C#Cc1cnc(Nc2ccc(C#N)cc2)nc1NC. The highest BCUT2D eigenvalue weighted by molar-refractivity contribution is 5.59. The minimum absolute atomic E-state index is 0.438. The van der Waals surface area contributed by atoms with Gasteiger partial charge in [0.2, 0.25) is 5.95 Å². The Hall–Kier alpha value is -3.05. The number of nitriles is 1. The van der Waals surface area contributed by atoms with E-state index < -0.39 is 0 Å². The summed E-state index contributed by atoms with van der Waals surface area (Å²) in [6.07, 6.45) is 6.91. The van der Waals surface area contributed by atoms with Gasteiger partial charge in [-0.05, 0) is 24.3 Å².